The standard InChI is InChI=1S/C11H19BrN4/c1-7(16(3)4)5-14-11-10(12)8(2)9(13)6-15-11/h6-7H,5,13H2,1-4H3,(H,14,15). The second kappa shape index (κ2) is 5.50. The Morgan fingerprint density at radius 1 is 1.56 bits per heavy atom. The number of aromatic nitrogens is 1. The summed E-state index contributed by atoms with van der Waals surface area (Å²) in [5.41, 5.74) is 7.49. The zero-order valence-corrected chi connectivity index (χ0v) is 11.8. The molecule has 0 radical (unpaired) electrons. The van der Waals surface area contributed by atoms with Crippen LogP contribution in [0.3, 0.4) is 0 Å². The highest BCUT2D eigenvalue weighted by molar-refractivity contribution is 9.10. The first-order valence-electron chi connectivity index (χ1n) is 5.24. The highest BCUT2D eigenvalue weighted by Gasteiger charge is 2.09. The molecule has 1 rings (SSSR count). The maximum Gasteiger partial charge on any atom is 0.140 e. The molecule has 1 atom stereocenters. The van der Waals surface area contributed by atoms with E-state index in [-0.39, 0.29) is 0 Å². The van der Waals surface area contributed by atoms with Gasteiger partial charge in [0.2, 0.25) is 0 Å². The Morgan fingerprint density at radius 3 is 2.75 bits per heavy atom. The van der Waals surface area contributed by atoms with Gasteiger partial charge in [0.25, 0.3) is 0 Å². The number of likely N-dealkylation sites (N-methyl/N-ethyl adjacent to an activating group) is 1. The van der Waals surface area contributed by atoms with Crippen LogP contribution in [0.1, 0.15) is 12.5 Å². The number of halogens is 1. The topological polar surface area (TPSA) is 54.2 Å². The third-order valence-corrected chi connectivity index (χ3v) is 3.72. The van der Waals surface area contributed by atoms with E-state index in [1.807, 2.05) is 6.92 Å². The molecular formula is C11H19BrN4. The molecule has 0 aliphatic rings. The maximum absolute atomic E-state index is 5.77. The molecule has 4 nitrogen and oxygen atoms in total. The first-order chi connectivity index (χ1) is 7.43. The molecule has 90 valence electrons. The van der Waals surface area contributed by atoms with Gasteiger partial charge in [-0.1, -0.05) is 0 Å². The van der Waals surface area contributed by atoms with Gasteiger partial charge in [0.05, 0.1) is 16.4 Å². The van der Waals surface area contributed by atoms with Crippen LogP contribution in [0.15, 0.2) is 10.7 Å². The molecular weight excluding hydrogens is 268 g/mol. The number of pyridine rings is 1. The van der Waals surface area contributed by atoms with Crippen LogP contribution in [0.25, 0.3) is 0 Å². The number of hydrogen-bond donors (Lipinski definition) is 2. The van der Waals surface area contributed by atoms with E-state index in [9.17, 15) is 0 Å². The summed E-state index contributed by atoms with van der Waals surface area (Å²) < 4.78 is 0.943. The Morgan fingerprint density at radius 2 is 2.19 bits per heavy atom. The van der Waals surface area contributed by atoms with Gasteiger partial charge in [0, 0.05) is 12.6 Å². The van der Waals surface area contributed by atoms with Crippen LogP contribution in [0.5, 0.6) is 0 Å². The summed E-state index contributed by atoms with van der Waals surface area (Å²) in [5, 5.41) is 3.31. The van der Waals surface area contributed by atoms with Crippen LogP contribution in [-0.2, 0) is 0 Å². The molecule has 0 aliphatic heterocycles. The van der Waals surface area contributed by atoms with E-state index in [0.29, 0.717) is 11.7 Å². The quantitative estimate of drug-likeness (QED) is 0.890. The van der Waals surface area contributed by atoms with Gasteiger partial charge < -0.3 is 16.0 Å². The third kappa shape index (κ3) is 3.09. The third-order valence-electron chi connectivity index (χ3n) is 2.75. The fraction of sp³-hybridized carbons (Fsp3) is 0.545. The van der Waals surface area contributed by atoms with Gasteiger partial charge >= 0.3 is 0 Å². The van der Waals surface area contributed by atoms with Crippen LogP contribution in [0.2, 0.25) is 0 Å². The molecule has 5 heteroatoms. The lowest BCUT2D eigenvalue weighted by Gasteiger charge is -2.21. The van der Waals surface area contributed by atoms with E-state index in [4.69, 9.17) is 5.73 Å². The number of hydrogen-bond acceptors (Lipinski definition) is 4. The first kappa shape index (κ1) is 13.3. The van der Waals surface area contributed by atoms with E-state index in [1.165, 1.54) is 0 Å². The fourth-order valence-corrected chi connectivity index (χ4v) is 1.61. The van der Waals surface area contributed by atoms with Crippen molar-refractivity contribution in [1.29, 1.82) is 0 Å². The van der Waals surface area contributed by atoms with Crippen molar-refractivity contribution in [3.05, 3.63) is 16.2 Å². The van der Waals surface area contributed by atoms with Crippen molar-refractivity contribution < 1.29 is 0 Å². The van der Waals surface area contributed by atoms with Crippen molar-refractivity contribution in [3.8, 4) is 0 Å². The van der Waals surface area contributed by atoms with Gasteiger partial charge in [-0.2, -0.15) is 0 Å². The molecule has 1 heterocycles. The van der Waals surface area contributed by atoms with Crippen LogP contribution >= 0.6 is 15.9 Å². The molecule has 0 saturated carbocycles. The highest BCUT2D eigenvalue weighted by atomic mass is 79.9. The Bertz CT molecular complexity index is 365. The minimum absolute atomic E-state index is 0.451. The van der Waals surface area contributed by atoms with Crippen molar-refractivity contribution in [1.82, 2.24) is 9.88 Å². The van der Waals surface area contributed by atoms with Crippen molar-refractivity contribution >= 4 is 27.4 Å². The predicted octanol–water partition coefficient (Wildman–Crippen LogP) is 2.10. The second-order valence-corrected chi connectivity index (χ2v) is 4.99. The van der Waals surface area contributed by atoms with Gasteiger partial charge in [-0.25, -0.2) is 4.98 Å². The molecule has 0 saturated heterocycles. The largest absolute Gasteiger partial charge is 0.397 e. The molecule has 0 fully saturated rings. The van der Waals surface area contributed by atoms with Crippen molar-refractivity contribution in [2.24, 2.45) is 0 Å². The molecule has 1 aromatic rings. The molecule has 3 N–H and O–H groups in total. The number of nitrogens with two attached hydrogens (primary N) is 1. The van der Waals surface area contributed by atoms with Crippen LogP contribution in [-0.4, -0.2) is 36.6 Å². The maximum atomic E-state index is 5.77. The molecule has 0 bridgehead atoms. The molecule has 16 heavy (non-hydrogen) atoms. The summed E-state index contributed by atoms with van der Waals surface area (Å²) in [5.74, 6) is 0.848. The van der Waals surface area contributed by atoms with Crippen molar-refractivity contribution in [2.75, 3.05) is 31.7 Å². The summed E-state index contributed by atoms with van der Waals surface area (Å²) in [6.07, 6.45) is 1.68. The molecule has 0 aromatic carbocycles. The average molecular weight is 287 g/mol. The number of nitrogens with one attached hydrogen (secondary N) is 1. The van der Waals surface area contributed by atoms with Crippen LogP contribution < -0.4 is 11.1 Å². The van der Waals surface area contributed by atoms with Crippen molar-refractivity contribution in [3.63, 3.8) is 0 Å². The van der Waals surface area contributed by atoms with Crippen molar-refractivity contribution in [2.45, 2.75) is 19.9 Å². The van der Waals surface area contributed by atoms with Crippen LogP contribution in [0, 0.1) is 6.92 Å². The molecule has 1 unspecified atom stereocenters. The Kier molecular flexibility index (Phi) is 4.56. The Hall–Kier alpha value is -0.810. The molecule has 0 aliphatic carbocycles. The minimum Gasteiger partial charge on any atom is -0.397 e. The normalized spacial score (nSPS) is 12.9. The summed E-state index contributed by atoms with van der Waals surface area (Å²) in [6, 6.07) is 0.451. The number of anilines is 2. The van der Waals surface area contributed by atoms with Gasteiger partial charge in [0.15, 0.2) is 0 Å². The zero-order chi connectivity index (χ0) is 12.3. The summed E-state index contributed by atoms with van der Waals surface area (Å²) in [6.45, 7) is 4.98. The second-order valence-electron chi connectivity index (χ2n) is 4.19. The van der Waals surface area contributed by atoms with E-state index in [1.54, 1.807) is 6.20 Å². The van der Waals surface area contributed by atoms with E-state index in [0.717, 1.165) is 22.4 Å². The van der Waals surface area contributed by atoms with E-state index in [2.05, 4.69) is 52.1 Å². The minimum atomic E-state index is 0.451. The van der Waals surface area contributed by atoms with Gasteiger partial charge in [-0.05, 0) is 49.4 Å². The number of rotatable bonds is 4. The highest BCUT2D eigenvalue weighted by Crippen LogP contribution is 2.27. The summed E-state index contributed by atoms with van der Waals surface area (Å²) in [7, 11) is 4.12. The molecule has 1 aromatic heterocycles. The SMILES string of the molecule is Cc1c(N)cnc(NCC(C)N(C)C)c1Br. The summed E-state index contributed by atoms with van der Waals surface area (Å²) >= 11 is 3.50. The lowest BCUT2D eigenvalue weighted by Crippen LogP contribution is -2.31. The number of nitrogen functional groups attached to an aromatic ring is 1. The lowest BCUT2D eigenvalue weighted by molar-refractivity contribution is 0.326. The lowest BCUT2D eigenvalue weighted by atomic mass is 10.2. The van der Waals surface area contributed by atoms with Gasteiger partial charge in [0.1, 0.15) is 5.82 Å². The van der Waals surface area contributed by atoms with E-state index >= 15 is 0 Å². The monoisotopic (exact) mass is 286 g/mol. The first-order valence-corrected chi connectivity index (χ1v) is 6.03. The average Bonchev–Trinajstić information content (AvgIpc) is 2.24. The molecule has 0 spiro atoms. The van der Waals surface area contributed by atoms with Crippen LogP contribution in [0.4, 0.5) is 11.5 Å². The Labute approximate surface area is 105 Å². The Balaban J connectivity index is 2.72. The van der Waals surface area contributed by atoms with Gasteiger partial charge in [-0.15, -0.1) is 0 Å². The number of nitrogens with zero attached hydrogens (tertiary/aromatic N) is 2. The van der Waals surface area contributed by atoms with E-state index < -0.39 is 0 Å². The van der Waals surface area contributed by atoms with Gasteiger partial charge in [-0.3, -0.25) is 0 Å². The smallest absolute Gasteiger partial charge is 0.140 e. The summed E-state index contributed by atoms with van der Waals surface area (Å²) in [4.78, 5) is 6.43. The predicted molar refractivity (Wildman–Crippen MR) is 72.7 cm³/mol. The fourth-order valence-electron chi connectivity index (χ4n) is 1.14. The zero-order valence-electron chi connectivity index (χ0n) is 10.2. The molecule has 0 amide bonds.